The van der Waals surface area contributed by atoms with Crippen LogP contribution in [0.2, 0.25) is 0 Å². The van der Waals surface area contributed by atoms with E-state index >= 15 is 0 Å². The van der Waals surface area contributed by atoms with Crippen LogP contribution in [0.25, 0.3) is 0 Å². The van der Waals surface area contributed by atoms with E-state index in [1.54, 1.807) is 6.07 Å². The summed E-state index contributed by atoms with van der Waals surface area (Å²) in [7, 11) is 0. The van der Waals surface area contributed by atoms with Crippen LogP contribution in [-0.4, -0.2) is 0 Å². The highest BCUT2D eigenvalue weighted by Gasteiger charge is 2.09. The third-order valence-corrected chi connectivity index (χ3v) is 3.42. The van der Waals surface area contributed by atoms with Crippen molar-refractivity contribution in [1.82, 2.24) is 0 Å². The van der Waals surface area contributed by atoms with Gasteiger partial charge >= 0.3 is 0 Å². The maximum absolute atomic E-state index is 12.9. The van der Waals surface area contributed by atoms with E-state index in [0.717, 1.165) is 22.9 Å². The number of rotatable bonds is 6. The molecule has 0 spiro atoms. The number of benzene rings is 1. The van der Waals surface area contributed by atoms with E-state index in [4.69, 9.17) is 5.73 Å². The zero-order valence-electron chi connectivity index (χ0n) is 9.68. The molecule has 0 radical (unpaired) electrons. The van der Waals surface area contributed by atoms with Gasteiger partial charge in [-0.1, -0.05) is 54.6 Å². The Morgan fingerprint density at radius 1 is 1.31 bits per heavy atom. The minimum Gasteiger partial charge on any atom is -0.324 e. The van der Waals surface area contributed by atoms with Crippen molar-refractivity contribution in [2.75, 3.05) is 0 Å². The summed E-state index contributed by atoms with van der Waals surface area (Å²) in [5.74, 6) is -0.228. The van der Waals surface area contributed by atoms with Crippen molar-refractivity contribution in [1.29, 1.82) is 0 Å². The van der Waals surface area contributed by atoms with Crippen LogP contribution < -0.4 is 5.73 Å². The molecule has 1 rings (SSSR count). The number of hydrogen-bond acceptors (Lipinski definition) is 1. The summed E-state index contributed by atoms with van der Waals surface area (Å²) in [5, 5.41) is 0. The van der Waals surface area contributed by atoms with Crippen molar-refractivity contribution in [3.8, 4) is 0 Å². The van der Waals surface area contributed by atoms with E-state index in [1.165, 1.54) is 31.4 Å². The van der Waals surface area contributed by atoms with Gasteiger partial charge in [-0.2, -0.15) is 0 Å². The van der Waals surface area contributed by atoms with Crippen molar-refractivity contribution in [3.63, 3.8) is 0 Å². The maximum atomic E-state index is 12.9. The fraction of sp³-hybridized carbons (Fsp3) is 0.538. The molecule has 90 valence electrons. The molecule has 0 amide bonds. The van der Waals surface area contributed by atoms with Crippen LogP contribution >= 0.6 is 15.9 Å². The van der Waals surface area contributed by atoms with Gasteiger partial charge in [-0.25, -0.2) is 4.39 Å². The number of unbranched alkanes of at least 4 members (excludes halogenated alkanes) is 3. The molecule has 0 heterocycles. The van der Waals surface area contributed by atoms with Gasteiger partial charge in [0, 0.05) is 10.5 Å². The normalized spacial score (nSPS) is 12.8. The van der Waals surface area contributed by atoms with Crippen molar-refractivity contribution < 1.29 is 4.39 Å². The molecule has 2 N–H and O–H groups in total. The lowest BCUT2D eigenvalue weighted by molar-refractivity contribution is 0.562. The number of hydrogen-bond donors (Lipinski definition) is 1. The molecule has 1 aromatic rings. The van der Waals surface area contributed by atoms with Crippen LogP contribution in [0.15, 0.2) is 22.7 Å². The molecule has 0 fully saturated rings. The molecular formula is C13H19BrFN. The molecule has 1 unspecified atom stereocenters. The highest BCUT2D eigenvalue weighted by molar-refractivity contribution is 9.10. The van der Waals surface area contributed by atoms with Crippen molar-refractivity contribution >= 4 is 15.9 Å². The van der Waals surface area contributed by atoms with Crippen LogP contribution in [-0.2, 0) is 0 Å². The van der Waals surface area contributed by atoms with E-state index in [9.17, 15) is 4.39 Å². The first-order valence-electron chi connectivity index (χ1n) is 5.85. The third-order valence-electron chi connectivity index (χ3n) is 2.73. The smallest absolute Gasteiger partial charge is 0.124 e. The van der Waals surface area contributed by atoms with E-state index in [1.807, 2.05) is 0 Å². The summed E-state index contributed by atoms with van der Waals surface area (Å²) >= 11 is 3.35. The molecule has 1 nitrogen and oxygen atoms in total. The molecule has 0 aromatic heterocycles. The predicted molar refractivity (Wildman–Crippen MR) is 69.8 cm³/mol. The van der Waals surface area contributed by atoms with Gasteiger partial charge in [0.1, 0.15) is 5.82 Å². The Hall–Kier alpha value is -0.410. The lowest BCUT2D eigenvalue weighted by atomic mass is 10.0. The molecule has 1 atom stereocenters. The van der Waals surface area contributed by atoms with Gasteiger partial charge in [0.25, 0.3) is 0 Å². The van der Waals surface area contributed by atoms with E-state index in [2.05, 4.69) is 22.9 Å². The lowest BCUT2D eigenvalue weighted by Crippen LogP contribution is -2.10. The summed E-state index contributed by atoms with van der Waals surface area (Å²) in [6.07, 6.45) is 5.82. The van der Waals surface area contributed by atoms with Gasteiger partial charge in [-0.3, -0.25) is 0 Å². The standard InChI is InChI=1S/C13H19BrFN/c1-2-3-4-5-6-13(16)11-8-7-10(15)9-12(11)14/h7-9,13H,2-6,16H2,1H3. The van der Waals surface area contributed by atoms with Crippen molar-refractivity contribution in [2.24, 2.45) is 5.73 Å². The summed E-state index contributed by atoms with van der Waals surface area (Å²) in [5.41, 5.74) is 7.07. The van der Waals surface area contributed by atoms with Gasteiger partial charge in [0.05, 0.1) is 0 Å². The second kappa shape index (κ2) is 7.02. The van der Waals surface area contributed by atoms with Crippen LogP contribution in [0, 0.1) is 5.82 Å². The van der Waals surface area contributed by atoms with Crippen LogP contribution in [0.3, 0.4) is 0 Å². The predicted octanol–water partition coefficient (Wildman–Crippen LogP) is 4.56. The SMILES string of the molecule is CCCCCCC(N)c1ccc(F)cc1Br. The van der Waals surface area contributed by atoms with Gasteiger partial charge in [-0.15, -0.1) is 0 Å². The Balaban J connectivity index is 2.49. The topological polar surface area (TPSA) is 26.0 Å². The largest absolute Gasteiger partial charge is 0.324 e. The fourth-order valence-electron chi connectivity index (χ4n) is 1.75. The van der Waals surface area contributed by atoms with E-state index in [-0.39, 0.29) is 11.9 Å². The van der Waals surface area contributed by atoms with Crippen molar-refractivity contribution in [2.45, 2.75) is 45.1 Å². The minimum atomic E-state index is -0.228. The Morgan fingerprint density at radius 3 is 2.69 bits per heavy atom. The molecule has 0 aliphatic heterocycles. The van der Waals surface area contributed by atoms with Gasteiger partial charge in [-0.05, 0) is 24.1 Å². The number of halogens is 2. The zero-order valence-corrected chi connectivity index (χ0v) is 11.3. The Kier molecular flexibility index (Phi) is 5.99. The first-order chi connectivity index (χ1) is 7.65. The highest BCUT2D eigenvalue weighted by Crippen LogP contribution is 2.26. The molecule has 3 heteroatoms. The Bertz CT molecular complexity index is 328. The minimum absolute atomic E-state index is 0.00633. The third kappa shape index (κ3) is 4.22. The van der Waals surface area contributed by atoms with Crippen LogP contribution in [0.4, 0.5) is 4.39 Å². The quantitative estimate of drug-likeness (QED) is 0.763. The summed E-state index contributed by atoms with van der Waals surface area (Å²) < 4.78 is 13.7. The van der Waals surface area contributed by atoms with Crippen LogP contribution in [0.5, 0.6) is 0 Å². The molecule has 0 saturated carbocycles. The Morgan fingerprint density at radius 2 is 2.06 bits per heavy atom. The molecule has 16 heavy (non-hydrogen) atoms. The average molecular weight is 288 g/mol. The maximum Gasteiger partial charge on any atom is 0.124 e. The lowest BCUT2D eigenvalue weighted by Gasteiger charge is -2.13. The van der Waals surface area contributed by atoms with Gasteiger partial charge in [0.2, 0.25) is 0 Å². The molecule has 0 saturated heterocycles. The zero-order chi connectivity index (χ0) is 12.0. The fourth-order valence-corrected chi connectivity index (χ4v) is 2.39. The second-order valence-corrected chi connectivity index (χ2v) is 4.98. The first kappa shape index (κ1) is 13.7. The molecule has 1 aromatic carbocycles. The van der Waals surface area contributed by atoms with E-state index in [0.29, 0.717) is 0 Å². The highest BCUT2D eigenvalue weighted by atomic mass is 79.9. The molecule has 0 aliphatic rings. The van der Waals surface area contributed by atoms with Crippen molar-refractivity contribution in [3.05, 3.63) is 34.1 Å². The number of nitrogens with two attached hydrogens (primary N) is 1. The monoisotopic (exact) mass is 287 g/mol. The summed E-state index contributed by atoms with van der Waals surface area (Å²) in [6, 6.07) is 4.71. The summed E-state index contributed by atoms with van der Waals surface area (Å²) in [4.78, 5) is 0. The first-order valence-corrected chi connectivity index (χ1v) is 6.65. The summed E-state index contributed by atoms with van der Waals surface area (Å²) in [6.45, 7) is 2.19. The van der Waals surface area contributed by atoms with Gasteiger partial charge in [0.15, 0.2) is 0 Å². The average Bonchev–Trinajstić information content (AvgIpc) is 2.24. The second-order valence-electron chi connectivity index (χ2n) is 4.12. The van der Waals surface area contributed by atoms with E-state index < -0.39 is 0 Å². The molecule has 0 bridgehead atoms. The molecule has 0 aliphatic carbocycles. The van der Waals surface area contributed by atoms with Crippen LogP contribution in [0.1, 0.15) is 50.6 Å². The molecular weight excluding hydrogens is 269 g/mol. The van der Waals surface area contributed by atoms with Gasteiger partial charge < -0.3 is 5.73 Å². The Labute approximate surface area is 105 Å².